The molecular formula is C19H29Cl2N3O2. The number of rotatable bonds is 4. The number of nitrogens with zero attached hydrogens (tertiary/aromatic N) is 2. The monoisotopic (exact) mass is 401 g/mol. The summed E-state index contributed by atoms with van der Waals surface area (Å²) >= 11 is 0. The van der Waals surface area contributed by atoms with E-state index in [2.05, 4.69) is 21.9 Å². The van der Waals surface area contributed by atoms with Gasteiger partial charge in [-0.2, -0.15) is 0 Å². The van der Waals surface area contributed by atoms with Crippen molar-refractivity contribution in [3.05, 3.63) is 29.8 Å². The summed E-state index contributed by atoms with van der Waals surface area (Å²) in [4.78, 5) is 17.4. The van der Waals surface area contributed by atoms with Crippen LogP contribution in [0.25, 0.3) is 0 Å². The molecule has 4 aliphatic rings. The third-order valence-corrected chi connectivity index (χ3v) is 6.22. The summed E-state index contributed by atoms with van der Waals surface area (Å²) < 4.78 is 5.29. The Morgan fingerprint density at radius 3 is 2.38 bits per heavy atom. The summed E-state index contributed by atoms with van der Waals surface area (Å²) in [6.45, 7) is 3.62. The highest BCUT2D eigenvalue weighted by Crippen LogP contribution is 2.46. The summed E-state index contributed by atoms with van der Waals surface area (Å²) in [5, 5.41) is 0. The lowest BCUT2D eigenvalue weighted by molar-refractivity contribution is -0.135. The van der Waals surface area contributed by atoms with Gasteiger partial charge in [0.15, 0.2) is 0 Å². The number of benzene rings is 1. The number of carbonyl (C=O) groups excluding carboxylic acids is 1. The molecule has 0 aliphatic carbocycles. The average molecular weight is 402 g/mol. The minimum absolute atomic E-state index is 0. The van der Waals surface area contributed by atoms with Crippen LogP contribution in [0.5, 0.6) is 5.75 Å². The second kappa shape index (κ2) is 8.79. The molecule has 4 heterocycles. The average Bonchev–Trinajstić information content (AvgIpc) is 3.06. The Hall–Kier alpha value is -1.01. The zero-order valence-corrected chi connectivity index (χ0v) is 16.8. The highest BCUT2D eigenvalue weighted by atomic mass is 35.5. The fourth-order valence-electron chi connectivity index (χ4n) is 5.12. The third-order valence-electron chi connectivity index (χ3n) is 6.22. The molecule has 1 aromatic rings. The Balaban J connectivity index is 0.00000121. The Bertz CT molecular complexity index is 605. The molecule has 4 fully saturated rings. The highest BCUT2D eigenvalue weighted by molar-refractivity contribution is 5.85. The minimum Gasteiger partial charge on any atom is -0.497 e. The van der Waals surface area contributed by atoms with Crippen molar-refractivity contribution in [2.24, 2.45) is 11.7 Å². The van der Waals surface area contributed by atoms with Crippen LogP contribution >= 0.6 is 24.8 Å². The zero-order chi connectivity index (χ0) is 16.7. The van der Waals surface area contributed by atoms with Gasteiger partial charge in [-0.15, -0.1) is 24.8 Å². The maximum atomic E-state index is 12.7. The first kappa shape index (κ1) is 21.3. The van der Waals surface area contributed by atoms with Gasteiger partial charge in [-0.25, -0.2) is 0 Å². The molecule has 3 atom stereocenters. The van der Waals surface area contributed by atoms with Crippen LogP contribution < -0.4 is 10.5 Å². The van der Waals surface area contributed by atoms with Crippen LogP contribution in [0.3, 0.4) is 0 Å². The van der Waals surface area contributed by atoms with Crippen molar-refractivity contribution in [1.82, 2.24) is 9.80 Å². The molecule has 4 saturated heterocycles. The van der Waals surface area contributed by atoms with Gasteiger partial charge in [0.05, 0.1) is 13.2 Å². The fraction of sp³-hybridized carbons (Fsp3) is 0.632. The van der Waals surface area contributed by atoms with Crippen molar-refractivity contribution < 1.29 is 9.53 Å². The van der Waals surface area contributed by atoms with Gasteiger partial charge in [-0.1, -0.05) is 12.1 Å². The molecule has 146 valence electrons. The molecule has 1 aromatic carbocycles. The van der Waals surface area contributed by atoms with Gasteiger partial charge < -0.3 is 15.4 Å². The molecule has 7 heteroatoms. The van der Waals surface area contributed by atoms with E-state index in [-0.39, 0.29) is 30.7 Å². The Morgan fingerprint density at radius 2 is 1.81 bits per heavy atom. The number of carbonyl (C=O) groups is 1. The van der Waals surface area contributed by atoms with Crippen molar-refractivity contribution in [1.29, 1.82) is 0 Å². The maximum absolute atomic E-state index is 12.7. The maximum Gasteiger partial charge on any atom is 0.224 e. The van der Waals surface area contributed by atoms with E-state index in [0.717, 1.165) is 12.3 Å². The van der Waals surface area contributed by atoms with Crippen LogP contribution in [0.15, 0.2) is 24.3 Å². The van der Waals surface area contributed by atoms with E-state index in [1.165, 1.54) is 31.5 Å². The molecular weight excluding hydrogens is 373 g/mol. The topological polar surface area (TPSA) is 58.8 Å². The molecule has 26 heavy (non-hydrogen) atoms. The largest absolute Gasteiger partial charge is 0.497 e. The van der Waals surface area contributed by atoms with Crippen LogP contribution in [-0.4, -0.2) is 61.1 Å². The SMILES string of the molecule is COc1ccc([C@@H]2CN(C(=O)CCN)[C@@H]3C4CCN(CC4)[C@@H]32)cc1.Cl.Cl. The molecule has 4 aliphatic heterocycles. The number of fused-ring (bicyclic) bond motifs is 2. The number of hydrogen-bond acceptors (Lipinski definition) is 4. The van der Waals surface area contributed by atoms with E-state index >= 15 is 0 Å². The molecule has 5 rings (SSSR count). The zero-order valence-electron chi connectivity index (χ0n) is 15.2. The summed E-state index contributed by atoms with van der Waals surface area (Å²) in [7, 11) is 1.69. The normalized spacial score (nSPS) is 31.6. The van der Waals surface area contributed by atoms with E-state index in [9.17, 15) is 4.79 Å². The molecule has 0 spiro atoms. The Morgan fingerprint density at radius 1 is 1.15 bits per heavy atom. The van der Waals surface area contributed by atoms with Gasteiger partial charge in [-0.05, 0) is 49.5 Å². The van der Waals surface area contributed by atoms with Crippen molar-refractivity contribution in [2.45, 2.75) is 37.3 Å². The van der Waals surface area contributed by atoms with E-state index in [1.807, 2.05) is 12.1 Å². The Labute approximate surface area is 168 Å². The highest BCUT2D eigenvalue weighted by Gasteiger charge is 2.54. The second-order valence-electron chi connectivity index (χ2n) is 7.32. The van der Waals surface area contributed by atoms with Gasteiger partial charge in [0.1, 0.15) is 5.75 Å². The quantitative estimate of drug-likeness (QED) is 0.840. The molecule has 0 radical (unpaired) electrons. The van der Waals surface area contributed by atoms with Crippen molar-refractivity contribution in [2.75, 3.05) is 33.3 Å². The first-order valence-corrected chi connectivity index (χ1v) is 9.10. The van der Waals surface area contributed by atoms with Crippen LogP contribution in [0.1, 0.15) is 30.7 Å². The minimum atomic E-state index is 0. The number of likely N-dealkylation sites (tertiary alicyclic amines) is 1. The predicted molar refractivity (Wildman–Crippen MR) is 107 cm³/mol. The smallest absolute Gasteiger partial charge is 0.224 e. The van der Waals surface area contributed by atoms with E-state index in [1.54, 1.807) is 7.11 Å². The summed E-state index contributed by atoms with van der Waals surface area (Å²) in [6, 6.07) is 9.24. The van der Waals surface area contributed by atoms with Gasteiger partial charge in [0.2, 0.25) is 5.91 Å². The first-order chi connectivity index (χ1) is 11.7. The molecule has 1 amide bonds. The van der Waals surface area contributed by atoms with Crippen molar-refractivity contribution in [3.63, 3.8) is 0 Å². The molecule has 2 N–H and O–H groups in total. The van der Waals surface area contributed by atoms with Crippen LogP contribution in [0, 0.1) is 5.92 Å². The van der Waals surface area contributed by atoms with Crippen LogP contribution in [-0.2, 0) is 4.79 Å². The van der Waals surface area contributed by atoms with Crippen molar-refractivity contribution in [3.8, 4) is 5.75 Å². The van der Waals surface area contributed by atoms with Gasteiger partial charge in [0, 0.05) is 31.5 Å². The van der Waals surface area contributed by atoms with E-state index < -0.39 is 0 Å². The van der Waals surface area contributed by atoms with Crippen LogP contribution in [0.4, 0.5) is 0 Å². The Kier molecular flexibility index (Phi) is 7.19. The van der Waals surface area contributed by atoms with Crippen molar-refractivity contribution >= 4 is 30.7 Å². The second-order valence-corrected chi connectivity index (χ2v) is 7.32. The third kappa shape index (κ3) is 3.55. The lowest BCUT2D eigenvalue weighted by Crippen LogP contribution is -2.60. The molecule has 2 bridgehead atoms. The van der Waals surface area contributed by atoms with Crippen LogP contribution in [0.2, 0.25) is 0 Å². The standard InChI is InChI=1S/C19H27N3O2.2ClH/c1-24-15-4-2-13(3-5-15)16-12-22(17(23)6-9-20)18-14-7-10-21(11-8-14)19(16)18;;/h2-5,14,16,18-19H,6-12,20H2,1H3;2*1H/t16-,18+,19+;;/m0../s1. The van der Waals surface area contributed by atoms with E-state index in [4.69, 9.17) is 10.5 Å². The number of amides is 1. The number of methoxy groups -OCH3 is 1. The van der Waals surface area contributed by atoms with Gasteiger partial charge in [0.25, 0.3) is 0 Å². The summed E-state index contributed by atoms with van der Waals surface area (Å²) in [5.41, 5.74) is 6.97. The number of halogens is 2. The molecule has 0 unspecified atom stereocenters. The summed E-state index contributed by atoms with van der Waals surface area (Å²) in [5.74, 6) is 2.17. The first-order valence-electron chi connectivity index (χ1n) is 9.10. The number of hydrogen-bond donors (Lipinski definition) is 1. The number of piperidine rings is 3. The number of ether oxygens (including phenoxy) is 1. The van der Waals surface area contributed by atoms with Gasteiger partial charge in [-0.3, -0.25) is 9.69 Å². The fourth-order valence-corrected chi connectivity index (χ4v) is 5.12. The molecule has 0 saturated carbocycles. The number of nitrogens with two attached hydrogens (primary N) is 1. The molecule has 5 nitrogen and oxygen atoms in total. The predicted octanol–water partition coefficient (Wildman–Crippen LogP) is 2.28. The lowest BCUT2D eigenvalue weighted by atomic mass is 9.75. The summed E-state index contributed by atoms with van der Waals surface area (Å²) in [6.07, 6.45) is 2.91. The lowest BCUT2D eigenvalue weighted by Gasteiger charge is -2.51. The van der Waals surface area contributed by atoms with Gasteiger partial charge >= 0.3 is 0 Å². The molecule has 0 aromatic heterocycles. The van der Waals surface area contributed by atoms with E-state index in [0.29, 0.717) is 36.9 Å².